The smallest absolute Gasteiger partial charge is 0.134 e. The maximum Gasteiger partial charge on any atom is 0.134 e. The van der Waals surface area contributed by atoms with Gasteiger partial charge < -0.3 is 4.42 Å². The average Bonchev–Trinajstić information content (AvgIpc) is 3.19. The highest BCUT2D eigenvalue weighted by Gasteiger charge is 2.48. The Hall–Kier alpha value is -2.84. The fourth-order valence-electron chi connectivity index (χ4n) is 4.51. The Balaban J connectivity index is 1.77. The summed E-state index contributed by atoms with van der Waals surface area (Å²) in [6, 6.07) is 31.9. The van der Waals surface area contributed by atoms with E-state index < -0.39 is 5.54 Å². The van der Waals surface area contributed by atoms with E-state index in [4.69, 9.17) is 9.73 Å². The Morgan fingerprint density at radius 3 is 2.30 bits per heavy atom. The highest BCUT2D eigenvalue weighted by atomic mass is 16.3. The molecular formula is C25H22NO. The van der Waals surface area contributed by atoms with Crippen LogP contribution in [0.1, 0.15) is 35.6 Å². The first-order valence-electron chi connectivity index (χ1n) is 9.66. The van der Waals surface area contributed by atoms with Crippen LogP contribution in [-0.2, 0) is 5.54 Å². The number of hydrogen-bond acceptors (Lipinski definition) is 1. The van der Waals surface area contributed by atoms with Crippen LogP contribution in [0, 0.1) is 0 Å². The zero-order valence-electron chi connectivity index (χ0n) is 15.2. The summed E-state index contributed by atoms with van der Waals surface area (Å²) in [5, 5.41) is 6.40. The Labute approximate surface area is 159 Å². The number of nitrogens with zero attached hydrogens (tertiary/aromatic N) is 1. The predicted molar refractivity (Wildman–Crippen MR) is 109 cm³/mol. The highest BCUT2D eigenvalue weighted by Crippen LogP contribution is 2.49. The van der Waals surface area contributed by atoms with Gasteiger partial charge in [-0.15, -0.1) is 0 Å². The summed E-state index contributed by atoms with van der Waals surface area (Å²) in [7, 11) is 0. The molecule has 1 aliphatic heterocycles. The number of piperidine rings is 1. The Kier molecular flexibility index (Phi) is 4.06. The lowest BCUT2D eigenvalue weighted by Crippen LogP contribution is -2.47. The van der Waals surface area contributed by atoms with E-state index in [-0.39, 0.29) is 5.92 Å². The minimum Gasteiger partial charge on any atom is -0.459 e. The molecule has 0 saturated carbocycles. The van der Waals surface area contributed by atoms with Gasteiger partial charge in [0.1, 0.15) is 16.9 Å². The van der Waals surface area contributed by atoms with Gasteiger partial charge in [0.05, 0.1) is 0 Å². The summed E-state index contributed by atoms with van der Waals surface area (Å²) in [5.41, 5.74) is 2.97. The molecule has 1 aliphatic rings. The molecule has 2 heterocycles. The van der Waals surface area contributed by atoms with Gasteiger partial charge in [0.2, 0.25) is 0 Å². The molecule has 0 amide bonds. The van der Waals surface area contributed by atoms with Gasteiger partial charge in [0.15, 0.2) is 0 Å². The lowest BCUT2D eigenvalue weighted by Gasteiger charge is -2.43. The van der Waals surface area contributed by atoms with Crippen LogP contribution in [0.4, 0.5) is 0 Å². The second-order valence-corrected chi connectivity index (χ2v) is 7.27. The third kappa shape index (κ3) is 2.68. The van der Waals surface area contributed by atoms with Crippen LogP contribution >= 0.6 is 0 Å². The molecular weight excluding hydrogens is 330 g/mol. The fraction of sp³-hybridized carbons (Fsp3) is 0.200. The number of furan rings is 1. The van der Waals surface area contributed by atoms with Crippen LogP contribution in [0.2, 0.25) is 0 Å². The molecule has 5 rings (SSSR count). The molecule has 2 unspecified atom stereocenters. The van der Waals surface area contributed by atoms with E-state index >= 15 is 0 Å². The maximum absolute atomic E-state index is 6.42. The zero-order chi connectivity index (χ0) is 18.1. The van der Waals surface area contributed by atoms with E-state index in [2.05, 4.69) is 78.9 Å². The van der Waals surface area contributed by atoms with Crippen LogP contribution < -0.4 is 5.32 Å². The van der Waals surface area contributed by atoms with Gasteiger partial charge in [0.25, 0.3) is 0 Å². The summed E-state index contributed by atoms with van der Waals surface area (Å²) in [4.78, 5) is 0. The first-order valence-corrected chi connectivity index (χ1v) is 9.66. The number of para-hydroxylation sites is 1. The maximum atomic E-state index is 6.42. The Bertz CT molecular complexity index is 1000. The highest BCUT2D eigenvalue weighted by molar-refractivity contribution is 5.78. The van der Waals surface area contributed by atoms with Crippen LogP contribution in [0.3, 0.4) is 0 Å². The van der Waals surface area contributed by atoms with Gasteiger partial charge in [-0.05, 0) is 36.1 Å². The quantitative estimate of drug-likeness (QED) is 0.454. The number of benzene rings is 3. The van der Waals surface area contributed by atoms with E-state index in [1.165, 1.54) is 11.1 Å². The lowest BCUT2D eigenvalue weighted by atomic mass is 9.69. The first-order chi connectivity index (χ1) is 13.4. The summed E-state index contributed by atoms with van der Waals surface area (Å²) in [5.74, 6) is 1.21. The second-order valence-electron chi connectivity index (χ2n) is 7.27. The van der Waals surface area contributed by atoms with Crippen LogP contribution in [-0.4, -0.2) is 6.54 Å². The van der Waals surface area contributed by atoms with Crippen molar-refractivity contribution in [3.05, 3.63) is 108 Å². The second kappa shape index (κ2) is 6.71. The summed E-state index contributed by atoms with van der Waals surface area (Å²) >= 11 is 0. The van der Waals surface area contributed by atoms with Crippen LogP contribution in [0.5, 0.6) is 0 Å². The van der Waals surface area contributed by atoms with Crippen LogP contribution in [0.15, 0.2) is 95.4 Å². The molecule has 3 aromatic carbocycles. The number of fused-ring (bicyclic) bond motifs is 1. The third-order valence-corrected chi connectivity index (χ3v) is 5.73. The summed E-state index contributed by atoms with van der Waals surface area (Å²) in [6.45, 7) is 0.856. The minimum atomic E-state index is -0.486. The summed E-state index contributed by atoms with van der Waals surface area (Å²) in [6.07, 6.45) is 2.20. The predicted octanol–water partition coefficient (Wildman–Crippen LogP) is 5.86. The molecule has 27 heavy (non-hydrogen) atoms. The molecule has 0 spiro atoms. The average molecular weight is 352 g/mol. The van der Waals surface area contributed by atoms with Crippen molar-refractivity contribution in [1.82, 2.24) is 5.32 Å². The van der Waals surface area contributed by atoms with Gasteiger partial charge in [-0.25, -0.2) is 5.32 Å². The largest absolute Gasteiger partial charge is 0.459 e. The molecule has 133 valence electrons. The Morgan fingerprint density at radius 2 is 1.52 bits per heavy atom. The van der Waals surface area contributed by atoms with Crippen molar-refractivity contribution in [2.24, 2.45) is 0 Å². The van der Waals surface area contributed by atoms with E-state index in [0.717, 1.165) is 36.1 Å². The fourth-order valence-corrected chi connectivity index (χ4v) is 4.51. The molecule has 1 aromatic heterocycles. The lowest BCUT2D eigenvalue weighted by molar-refractivity contribution is 0.220. The van der Waals surface area contributed by atoms with Gasteiger partial charge in [0, 0.05) is 17.8 Å². The molecule has 0 N–H and O–H groups in total. The molecule has 2 nitrogen and oxygen atoms in total. The first kappa shape index (κ1) is 16.3. The Morgan fingerprint density at radius 1 is 0.815 bits per heavy atom. The van der Waals surface area contributed by atoms with Gasteiger partial charge >= 0.3 is 0 Å². The van der Waals surface area contributed by atoms with E-state index in [1.807, 2.05) is 12.1 Å². The van der Waals surface area contributed by atoms with E-state index in [9.17, 15) is 0 Å². The molecule has 0 bridgehead atoms. The molecule has 0 aliphatic carbocycles. The molecule has 1 fully saturated rings. The van der Waals surface area contributed by atoms with E-state index in [1.54, 1.807) is 0 Å². The zero-order valence-corrected chi connectivity index (χ0v) is 15.2. The van der Waals surface area contributed by atoms with Crippen molar-refractivity contribution >= 4 is 11.0 Å². The van der Waals surface area contributed by atoms with Crippen molar-refractivity contribution in [3.8, 4) is 0 Å². The number of hydrogen-bond donors (Lipinski definition) is 0. The SMILES string of the molecule is c1ccc(C2CCC[N]C2(c2ccccc2)c2cc3ccccc3o2)cc1. The standard InChI is InChI=1S/C25H22NO/c1-3-10-19(11-4-1)22-15-9-17-26-25(22,21-13-5-2-6-14-21)24-18-20-12-7-8-16-23(20)27-24/h1-8,10-14,16,18,22H,9,15,17H2. The van der Waals surface area contributed by atoms with E-state index in [0.29, 0.717) is 0 Å². The van der Waals surface area contributed by atoms with Gasteiger partial charge in [-0.3, -0.25) is 0 Å². The third-order valence-electron chi connectivity index (χ3n) is 5.73. The molecule has 1 saturated heterocycles. The number of rotatable bonds is 3. The van der Waals surface area contributed by atoms with Crippen LogP contribution in [0.25, 0.3) is 11.0 Å². The van der Waals surface area contributed by atoms with Crippen molar-refractivity contribution < 1.29 is 4.42 Å². The minimum absolute atomic E-state index is 0.260. The molecule has 2 atom stereocenters. The molecule has 4 aromatic rings. The normalized spacial score (nSPS) is 22.7. The van der Waals surface area contributed by atoms with Crippen molar-refractivity contribution in [1.29, 1.82) is 0 Å². The monoisotopic (exact) mass is 352 g/mol. The van der Waals surface area contributed by atoms with Crippen molar-refractivity contribution in [2.75, 3.05) is 6.54 Å². The summed E-state index contributed by atoms with van der Waals surface area (Å²) < 4.78 is 6.42. The van der Waals surface area contributed by atoms with Gasteiger partial charge in [-0.2, -0.15) is 0 Å². The van der Waals surface area contributed by atoms with Crippen molar-refractivity contribution in [3.63, 3.8) is 0 Å². The van der Waals surface area contributed by atoms with Crippen molar-refractivity contribution in [2.45, 2.75) is 24.3 Å². The molecule has 1 radical (unpaired) electrons. The van der Waals surface area contributed by atoms with Gasteiger partial charge in [-0.1, -0.05) is 78.9 Å². The topological polar surface area (TPSA) is 27.2 Å². The molecule has 2 heteroatoms.